The quantitative estimate of drug-likeness (QED) is 0.527. The van der Waals surface area contributed by atoms with E-state index in [1.807, 2.05) is 19.9 Å². The molecule has 0 saturated carbocycles. The highest BCUT2D eigenvalue weighted by atomic mass is 16.5. The fourth-order valence-corrected chi connectivity index (χ4v) is 1.35. The number of amides is 1. The molecule has 100 valence electrons. The van der Waals surface area contributed by atoms with Gasteiger partial charge in [-0.25, -0.2) is 4.79 Å². The van der Waals surface area contributed by atoms with Gasteiger partial charge in [-0.2, -0.15) is 0 Å². The normalized spacial score (nSPS) is 10.2. The van der Waals surface area contributed by atoms with Crippen molar-refractivity contribution in [2.24, 2.45) is 5.73 Å². The van der Waals surface area contributed by atoms with Crippen LogP contribution in [-0.4, -0.2) is 25.3 Å². The number of rotatable bonds is 6. The highest BCUT2D eigenvalue weighted by Gasteiger charge is 2.04. The average molecular weight is 253 g/mol. The monoisotopic (exact) mass is 253 g/mol. The third kappa shape index (κ3) is 4.82. The van der Waals surface area contributed by atoms with Crippen LogP contribution in [0.3, 0.4) is 0 Å². The van der Waals surface area contributed by atoms with Crippen LogP contribution in [0, 0.1) is 0 Å². The summed E-state index contributed by atoms with van der Waals surface area (Å²) >= 11 is 0. The van der Waals surface area contributed by atoms with Gasteiger partial charge in [-0.15, -0.1) is 0 Å². The van der Waals surface area contributed by atoms with Gasteiger partial charge in [0.15, 0.2) is 0 Å². The van der Waals surface area contributed by atoms with E-state index in [1.165, 1.54) is 0 Å². The summed E-state index contributed by atoms with van der Waals surface area (Å²) in [4.78, 5) is 10.4. The number of carbonyl (C=O) groups is 1. The molecule has 0 atom stereocenters. The van der Waals surface area contributed by atoms with Crippen molar-refractivity contribution in [3.05, 3.63) is 18.2 Å². The second kappa shape index (κ2) is 6.58. The second-order valence-corrected chi connectivity index (χ2v) is 4.01. The maximum absolute atomic E-state index is 10.4. The minimum absolute atomic E-state index is 0.0562. The fourth-order valence-electron chi connectivity index (χ4n) is 1.35. The Balaban J connectivity index is 2.53. The zero-order valence-electron chi connectivity index (χ0n) is 10.6. The highest BCUT2D eigenvalue weighted by Crippen LogP contribution is 2.26. The first-order chi connectivity index (χ1) is 8.49. The molecule has 1 rings (SSSR count). The zero-order chi connectivity index (χ0) is 13.5. The average Bonchev–Trinajstić information content (AvgIpc) is 2.27. The van der Waals surface area contributed by atoms with Crippen LogP contribution in [-0.2, 0) is 4.74 Å². The molecule has 0 aromatic heterocycles. The first-order valence-corrected chi connectivity index (χ1v) is 5.71. The van der Waals surface area contributed by atoms with Gasteiger partial charge in [-0.3, -0.25) is 0 Å². The number of benzene rings is 1. The number of hydrogen-bond acceptors (Lipinski definition) is 5. The molecule has 1 aromatic carbocycles. The highest BCUT2D eigenvalue weighted by molar-refractivity contribution is 5.64. The molecule has 0 radical (unpaired) electrons. The predicted molar refractivity (Wildman–Crippen MR) is 70.6 cm³/mol. The number of carbonyl (C=O) groups excluding carboxylic acids is 1. The molecule has 18 heavy (non-hydrogen) atoms. The van der Waals surface area contributed by atoms with Crippen molar-refractivity contribution in [3.8, 4) is 5.75 Å². The summed E-state index contributed by atoms with van der Waals surface area (Å²) in [6, 6.07) is 5.39. The molecule has 1 aromatic rings. The predicted octanol–water partition coefficient (Wildman–Crippen LogP) is 1.56. The molecule has 0 aliphatic carbocycles. The molecule has 0 unspecified atom stereocenters. The lowest BCUT2D eigenvalue weighted by atomic mass is 10.2. The number of hydrogen-bond donors (Lipinski definition) is 3. The minimum Gasteiger partial charge on any atom is -0.489 e. The van der Waals surface area contributed by atoms with Crippen molar-refractivity contribution in [1.82, 2.24) is 0 Å². The van der Waals surface area contributed by atoms with E-state index >= 15 is 0 Å². The molecule has 0 fully saturated rings. The zero-order valence-corrected chi connectivity index (χ0v) is 10.6. The number of nitrogen functional groups attached to an aromatic ring is 1. The Bertz CT molecular complexity index is 408. The van der Waals surface area contributed by atoms with Gasteiger partial charge >= 0.3 is 6.09 Å². The van der Waals surface area contributed by atoms with Gasteiger partial charge in [-0.05, 0) is 26.0 Å². The number of primary amides is 1. The first-order valence-electron chi connectivity index (χ1n) is 5.71. The van der Waals surface area contributed by atoms with Gasteiger partial charge in [0.1, 0.15) is 12.4 Å². The molecule has 0 bridgehead atoms. The minimum atomic E-state index is -0.780. The first kappa shape index (κ1) is 14.0. The van der Waals surface area contributed by atoms with E-state index < -0.39 is 6.09 Å². The number of nitrogens with one attached hydrogen (secondary N) is 1. The molecule has 1 amide bonds. The summed E-state index contributed by atoms with van der Waals surface area (Å²) in [5.41, 5.74) is 12.1. The lowest BCUT2D eigenvalue weighted by Crippen LogP contribution is -2.18. The van der Waals surface area contributed by atoms with Crippen molar-refractivity contribution in [2.45, 2.75) is 20.0 Å². The third-order valence-electron chi connectivity index (χ3n) is 2.05. The van der Waals surface area contributed by atoms with Crippen molar-refractivity contribution in [1.29, 1.82) is 0 Å². The Hall–Kier alpha value is -2.11. The molecule has 5 N–H and O–H groups in total. The van der Waals surface area contributed by atoms with E-state index in [-0.39, 0.29) is 12.7 Å². The topological polar surface area (TPSA) is 99.6 Å². The maximum atomic E-state index is 10.4. The van der Waals surface area contributed by atoms with E-state index in [0.29, 0.717) is 18.0 Å². The lowest BCUT2D eigenvalue weighted by molar-refractivity contribution is 0.161. The standard InChI is InChI=1S/C12H19N3O3/c1-8(2)18-11-7-9(3-4-10(11)13)15-5-6-17-12(14)16/h3-4,7-8,15H,5-6,13H2,1-2H3,(H2,14,16). The Kier molecular flexibility index (Phi) is 5.10. The lowest BCUT2D eigenvalue weighted by Gasteiger charge is -2.14. The van der Waals surface area contributed by atoms with Crippen molar-refractivity contribution in [3.63, 3.8) is 0 Å². The second-order valence-electron chi connectivity index (χ2n) is 4.01. The van der Waals surface area contributed by atoms with Crippen LogP contribution in [0.25, 0.3) is 0 Å². The maximum Gasteiger partial charge on any atom is 0.404 e. The summed E-state index contributed by atoms with van der Waals surface area (Å²) in [6.07, 6.45) is -0.723. The van der Waals surface area contributed by atoms with Crippen molar-refractivity contribution >= 4 is 17.5 Å². The summed E-state index contributed by atoms with van der Waals surface area (Å²) in [7, 11) is 0. The van der Waals surface area contributed by atoms with E-state index in [4.69, 9.17) is 16.2 Å². The smallest absolute Gasteiger partial charge is 0.404 e. The van der Waals surface area contributed by atoms with Gasteiger partial charge < -0.3 is 26.3 Å². The number of anilines is 2. The molecule has 0 heterocycles. The van der Waals surface area contributed by atoms with E-state index in [1.54, 1.807) is 12.1 Å². The van der Waals surface area contributed by atoms with E-state index in [2.05, 4.69) is 10.1 Å². The van der Waals surface area contributed by atoms with Gasteiger partial charge in [0.05, 0.1) is 11.8 Å². The van der Waals surface area contributed by atoms with Crippen LogP contribution in [0.15, 0.2) is 18.2 Å². The Morgan fingerprint density at radius 2 is 2.17 bits per heavy atom. The van der Waals surface area contributed by atoms with Crippen LogP contribution in [0.1, 0.15) is 13.8 Å². The molecule has 0 saturated heterocycles. The van der Waals surface area contributed by atoms with Crippen LogP contribution in [0.5, 0.6) is 5.75 Å². The summed E-state index contributed by atoms with van der Waals surface area (Å²) in [5, 5.41) is 3.07. The van der Waals surface area contributed by atoms with Crippen LogP contribution in [0.4, 0.5) is 16.2 Å². The van der Waals surface area contributed by atoms with Gasteiger partial charge in [0.2, 0.25) is 0 Å². The van der Waals surface area contributed by atoms with E-state index in [0.717, 1.165) is 5.69 Å². The van der Waals surface area contributed by atoms with Crippen LogP contribution >= 0.6 is 0 Å². The molecular formula is C12H19N3O3. The SMILES string of the molecule is CC(C)Oc1cc(NCCOC(N)=O)ccc1N. The van der Waals surface area contributed by atoms with E-state index in [9.17, 15) is 4.79 Å². The van der Waals surface area contributed by atoms with Gasteiger partial charge in [0.25, 0.3) is 0 Å². The molecule has 0 spiro atoms. The number of nitrogens with two attached hydrogens (primary N) is 2. The Morgan fingerprint density at radius 3 is 2.78 bits per heavy atom. The van der Waals surface area contributed by atoms with Crippen molar-refractivity contribution < 1.29 is 14.3 Å². The molecule has 6 heteroatoms. The summed E-state index contributed by atoms with van der Waals surface area (Å²) in [6.45, 7) is 4.54. The van der Waals surface area contributed by atoms with Crippen LogP contribution < -0.4 is 21.5 Å². The largest absolute Gasteiger partial charge is 0.489 e. The fraction of sp³-hybridized carbons (Fsp3) is 0.417. The van der Waals surface area contributed by atoms with Gasteiger partial charge in [0, 0.05) is 18.3 Å². The van der Waals surface area contributed by atoms with Crippen molar-refractivity contribution in [2.75, 3.05) is 24.2 Å². The van der Waals surface area contributed by atoms with Crippen LogP contribution in [0.2, 0.25) is 0 Å². The summed E-state index contributed by atoms with van der Waals surface area (Å²) < 4.78 is 10.2. The number of ether oxygens (including phenoxy) is 2. The molecule has 0 aliphatic heterocycles. The molecular weight excluding hydrogens is 234 g/mol. The Labute approximate surface area is 106 Å². The summed E-state index contributed by atoms with van der Waals surface area (Å²) in [5.74, 6) is 0.630. The van der Waals surface area contributed by atoms with Gasteiger partial charge in [-0.1, -0.05) is 0 Å². The Morgan fingerprint density at radius 1 is 1.44 bits per heavy atom. The third-order valence-corrected chi connectivity index (χ3v) is 2.05. The molecule has 0 aliphatic rings. The molecule has 6 nitrogen and oxygen atoms in total.